The van der Waals surface area contributed by atoms with Crippen LogP contribution in [0, 0.1) is 5.92 Å². The summed E-state index contributed by atoms with van der Waals surface area (Å²) in [5.74, 6) is 0.796. The summed E-state index contributed by atoms with van der Waals surface area (Å²) in [6.45, 7) is 10.5. The number of hydrogen-bond acceptors (Lipinski definition) is 3. The third-order valence-electron chi connectivity index (χ3n) is 3.97. The lowest BCUT2D eigenvalue weighted by Gasteiger charge is -2.37. The Labute approximate surface area is 113 Å². The van der Waals surface area contributed by atoms with E-state index in [0.29, 0.717) is 0 Å². The Morgan fingerprint density at radius 3 is 2.78 bits per heavy atom. The van der Waals surface area contributed by atoms with Crippen LogP contribution in [0.5, 0.6) is 0 Å². The van der Waals surface area contributed by atoms with Crippen molar-refractivity contribution in [3.63, 3.8) is 0 Å². The van der Waals surface area contributed by atoms with Gasteiger partial charge in [0.05, 0.1) is 0 Å². The molecule has 1 N–H and O–H groups in total. The Kier molecular flexibility index (Phi) is 8.64. The monoisotopic (exact) mass is 256 g/mol. The van der Waals surface area contributed by atoms with Crippen LogP contribution in [-0.2, 0) is 4.74 Å². The zero-order valence-corrected chi connectivity index (χ0v) is 12.6. The standard InChI is InChI=1S/C15H32N2O/c1-4-9-16-15-8-11-17(13-14(15)2)10-6-5-7-12-18-3/h14-16H,4-13H2,1-3H3. The molecule has 1 aliphatic rings. The Hall–Kier alpha value is -0.120. The molecule has 108 valence electrons. The Balaban J connectivity index is 2.08. The number of unbranched alkanes of at least 4 members (excludes halogenated alkanes) is 2. The molecule has 3 heteroatoms. The summed E-state index contributed by atoms with van der Waals surface area (Å²) in [6, 6.07) is 0.745. The predicted molar refractivity (Wildman–Crippen MR) is 78.0 cm³/mol. The Morgan fingerprint density at radius 1 is 1.28 bits per heavy atom. The van der Waals surface area contributed by atoms with E-state index in [2.05, 4.69) is 24.1 Å². The fraction of sp³-hybridized carbons (Fsp3) is 1.00. The summed E-state index contributed by atoms with van der Waals surface area (Å²) in [6.07, 6.45) is 6.39. The summed E-state index contributed by atoms with van der Waals surface area (Å²) in [4.78, 5) is 2.64. The number of nitrogens with one attached hydrogen (secondary N) is 1. The maximum atomic E-state index is 5.08. The van der Waals surface area contributed by atoms with Crippen LogP contribution < -0.4 is 5.32 Å². The molecule has 0 aliphatic carbocycles. The highest BCUT2D eigenvalue weighted by atomic mass is 16.5. The van der Waals surface area contributed by atoms with Crippen molar-refractivity contribution in [2.24, 2.45) is 5.92 Å². The van der Waals surface area contributed by atoms with Crippen molar-refractivity contribution in [1.82, 2.24) is 10.2 Å². The van der Waals surface area contributed by atoms with Gasteiger partial charge in [0.2, 0.25) is 0 Å². The van der Waals surface area contributed by atoms with Crippen molar-refractivity contribution in [3.8, 4) is 0 Å². The first-order valence-electron chi connectivity index (χ1n) is 7.72. The minimum atomic E-state index is 0.745. The van der Waals surface area contributed by atoms with Gasteiger partial charge in [-0.3, -0.25) is 0 Å². The smallest absolute Gasteiger partial charge is 0.0462 e. The van der Waals surface area contributed by atoms with Crippen molar-refractivity contribution in [2.45, 2.75) is 52.0 Å². The minimum absolute atomic E-state index is 0.745. The van der Waals surface area contributed by atoms with Gasteiger partial charge in [0.1, 0.15) is 0 Å². The van der Waals surface area contributed by atoms with Crippen LogP contribution in [0.3, 0.4) is 0 Å². The summed E-state index contributed by atoms with van der Waals surface area (Å²) in [5.41, 5.74) is 0. The molecule has 18 heavy (non-hydrogen) atoms. The SMILES string of the molecule is CCCNC1CCN(CCCCCOC)CC1C. The molecule has 1 saturated heterocycles. The van der Waals surface area contributed by atoms with Crippen molar-refractivity contribution < 1.29 is 4.74 Å². The number of piperidine rings is 1. The summed E-state index contributed by atoms with van der Waals surface area (Å²) in [5, 5.41) is 3.68. The van der Waals surface area contributed by atoms with Crippen LogP contribution in [-0.4, -0.2) is 50.8 Å². The number of methoxy groups -OCH3 is 1. The van der Waals surface area contributed by atoms with Crippen molar-refractivity contribution in [1.29, 1.82) is 0 Å². The summed E-state index contributed by atoms with van der Waals surface area (Å²) >= 11 is 0. The van der Waals surface area contributed by atoms with Gasteiger partial charge in [-0.15, -0.1) is 0 Å². The van der Waals surface area contributed by atoms with E-state index in [1.165, 1.54) is 58.3 Å². The normalized spacial score (nSPS) is 25.5. The molecule has 1 aliphatic heterocycles. The average Bonchev–Trinajstić information content (AvgIpc) is 2.37. The fourth-order valence-corrected chi connectivity index (χ4v) is 2.83. The molecule has 0 saturated carbocycles. The van der Waals surface area contributed by atoms with E-state index in [9.17, 15) is 0 Å². The van der Waals surface area contributed by atoms with E-state index >= 15 is 0 Å². The topological polar surface area (TPSA) is 24.5 Å². The Bertz CT molecular complexity index is 197. The lowest BCUT2D eigenvalue weighted by molar-refractivity contribution is 0.142. The third kappa shape index (κ3) is 6.17. The predicted octanol–water partition coefficient (Wildman–Crippen LogP) is 2.51. The first kappa shape index (κ1) is 15.9. The molecule has 0 aromatic rings. The Morgan fingerprint density at radius 2 is 2.11 bits per heavy atom. The van der Waals surface area contributed by atoms with Crippen molar-refractivity contribution in [2.75, 3.05) is 39.9 Å². The molecule has 2 atom stereocenters. The quantitative estimate of drug-likeness (QED) is 0.642. The van der Waals surface area contributed by atoms with Crippen molar-refractivity contribution >= 4 is 0 Å². The van der Waals surface area contributed by atoms with Gasteiger partial charge in [-0.05, 0) is 57.7 Å². The molecule has 1 heterocycles. The summed E-state index contributed by atoms with van der Waals surface area (Å²) in [7, 11) is 1.79. The highest BCUT2D eigenvalue weighted by Gasteiger charge is 2.24. The number of likely N-dealkylation sites (tertiary alicyclic amines) is 1. The molecule has 0 radical (unpaired) electrons. The van der Waals surface area contributed by atoms with Crippen LogP contribution in [0.25, 0.3) is 0 Å². The highest BCUT2D eigenvalue weighted by Crippen LogP contribution is 2.17. The van der Waals surface area contributed by atoms with E-state index in [0.717, 1.165) is 18.6 Å². The summed E-state index contributed by atoms with van der Waals surface area (Å²) < 4.78 is 5.08. The minimum Gasteiger partial charge on any atom is -0.385 e. The van der Waals surface area contributed by atoms with Crippen LogP contribution in [0.2, 0.25) is 0 Å². The number of rotatable bonds is 9. The largest absolute Gasteiger partial charge is 0.385 e. The molecule has 2 unspecified atom stereocenters. The van der Waals surface area contributed by atoms with E-state index < -0.39 is 0 Å². The molecular weight excluding hydrogens is 224 g/mol. The van der Waals surface area contributed by atoms with Crippen LogP contribution in [0.4, 0.5) is 0 Å². The van der Waals surface area contributed by atoms with Gasteiger partial charge >= 0.3 is 0 Å². The number of nitrogens with zero attached hydrogens (tertiary/aromatic N) is 1. The highest BCUT2D eigenvalue weighted by molar-refractivity contribution is 4.82. The van der Waals surface area contributed by atoms with E-state index in [1.54, 1.807) is 7.11 Å². The molecule has 0 aromatic carbocycles. The fourth-order valence-electron chi connectivity index (χ4n) is 2.83. The molecule has 1 rings (SSSR count). The van der Waals surface area contributed by atoms with E-state index in [4.69, 9.17) is 4.74 Å². The first-order chi connectivity index (χ1) is 8.77. The molecule has 0 aromatic heterocycles. The molecule has 0 spiro atoms. The van der Waals surface area contributed by atoms with Crippen LogP contribution in [0.15, 0.2) is 0 Å². The number of ether oxygens (including phenoxy) is 1. The third-order valence-corrected chi connectivity index (χ3v) is 3.97. The van der Waals surface area contributed by atoms with Crippen molar-refractivity contribution in [3.05, 3.63) is 0 Å². The molecule has 1 fully saturated rings. The maximum Gasteiger partial charge on any atom is 0.0462 e. The van der Waals surface area contributed by atoms with Gasteiger partial charge in [0.25, 0.3) is 0 Å². The zero-order chi connectivity index (χ0) is 13.2. The lowest BCUT2D eigenvalue weighted by atomic mass is 9.93. The first-order valence-corrected chi connectivity index (χ1v) is 7.72. The second kappa shape index (κ2) is 9.76. The number of hydrogen-bond donors (Lipinski definition) is 1. The second-order valence-electron chi connectivity index (χ2n) is 5.68. The lowest BCUT2D eigenvalue weighted by Crippen LogP contribution is -2.48. The maximum absolute atomic E-state index is 5.08. The van der Waals surface area contributed by atoms with Gasteiger partial charge in [-0.1, -0.05) is 13.8 Å². The van der Waals surface area contributed by atoms with Crippen LogP contribution >= 0.6 is 0 Å². The van der Waals surface area contributed by atoms with Crippen LogP contribution in [0.1, 0.15) is 46.0 Å². The van der Waals surface area contributed by atoms with Gasteiger partial charge in [0.15, 0.2) is 0 Å². The second-order valence-corrected chi connectivity index (χ2v) is 5.68. The zero-order valence-electron chi connectivity index (χ0n) is 12.6. The van der Waals surface area contributed by atoms with Gasteiger partial charge in [-0.25, -0.2) is 0 Å². The van der Waals surface area contributed by atoms with Gasteiger partial charge < -0.3 is 15.0 Å². The molecule has 0 amide bonds. The average molecular weight is 256 g/mol. The van der Waals surface area contributed by atoms with Gasteiger partial charge in [0, 0.05) is 26.3 Å². The van der Waals surface area contributed by atoms with E-state index in [-0.39, 0.29) is 0 Å². The van der Waals surface area contributed by atoms with Gasteiger partial charge in [-0.2, -0.15) is 0 Å². The van der Waals surface area contributed by atoms with E-state index in [1.807, 2.05) is 0 Å². The molecule has 0 bridgehead atoms. The molecular formula is C15H32N2O. The molecule has 3 nitrogen and oxygen atoms in total.